The van der Waals surface area contributed by atoms with E-state index in [0.29, 0.717) is 18.5 Å². The summed E-state index contributed by atoms with van der Waals surface area (Å²) in [5.74, 6) is -1.05. The molecule has 0 aromatic carbocycles. The van der Waals surface area contributed by atoms with Crippen molar-refractivity contribution in [2.45, 2.75) is 32.2 Å². The summed E-state index contributed by atoms with van der Waals surface area (Å²) in [5, 5.41) is 20.2. The molecular formula is C10H16N4O3. The van der Waals surface area contributed by atoms with Crippen LogP contribution in [-0.2, 0) is 4.79 Å². The summed E-state index contributed by atoms with van der Waals surface area (Å²) in [7, 11) is 0. The number of carbonyl (C=O) groups excluding carboxylic acids is 1. The zero-order valence-corrected chi connectivity index (χ0v) is 9.78. The van der Waals surface area contributed by atoms with Crippen molar-refractivity contribution >= 4 is 17.7 Å². The maximum absolute atomic E-state index is 11.6. The van der Waals surface area contributed by atoms with Gasteiger partial charge in [-0.25, -0.2) is 9.59 Å². The molecule has 1 atom stereocenters. The zero-order valence-electron chi connectivity index (χ0n) is 9.78. The molecule has 0 aliphatic carbocycles. The lowest BCUT2D eigenvalue weighted by atomic mass is 9.97. The Balaban J connectivity index is 2.61. The minimum Gasteiger partial charge on any atom is -0.480 e. The van der Waals surface area contributed by atoms with Crippen LogP contribution in [-0.4, -0.2) is 32.8 Å². The van der Waals surface area contributed by atoms with Crippen LogP contribution < -0.4 is 10.6 Å². The monoisotopic (exact) mass is 240 g/mol. The number of nitrogens with one attached hydrogen (secondary N) is 3. The molecule has 1 rings (SSSR count). The van der Waals surface area contributed by atoms with Crippen molar-refractivity contribution in [3.63, 3.8) is 0 Å². The van der Waals surface area contributed by atoms with Gasteiger partial charge in [-0.05, 0) is 13.3 Å². The van der Waals surface area contributed by atoms with E-state index in [4.69, 9.17) is 5.11 Å². The van der Waals surface area contributed by atoms with Crippen molar-refractivity contribution in [2.24, 2.45) is 0 Å². The summed E-state index contributed by atoms with van der Waals surface area (Å²) in [4.78, 5) is 22.7. The Morgan fingerprint density at radius 2 is 2.29 bits per heavy atom. The minimum absolute atomic E-state index is 0.362. The first-order chi connectivity index (χ1) is 7.98. The lowest BCUT2D eigenvalue weighted by Gasteiger charge is -2.25. The van der Waals surface area contributed by atoms with Crippen LogP contribution in [0.2, 0.25) is 0 Å². The molecule has 94 valence electrons. The summed E-state index contributed by atoms with van der Waals surface area (Å²) in [6, 6.07) is -0.565. The predicted octanol–water partition coefficient (Wildman–Crippen LogP) is 1.17. The van der Waals surface area contributed by atoms with E-state index in [2.05, 4.69) is 20.8 Å². The summed E-state index contributed by atoms with van der Waals surface area (Å²) in [5.41, 5.74) is -0.783. The van der Waals surface area contributed by atoms with Crippen LogP contribution in [0.25, 0.3) is 0 Å². The number of hydrogen-bond donors (Lipinski definition) is 4. The van der Waals surface area contributed by atoms with Crippen LogP contribution in [0.5, 0.6) is 0 Å². The van der Waals surface area contributed by atoms with Gasteiger partial charge in [0.25, 0.3) is 0 Å². The summed E-state index contributed by atoms with van der Waals surface area (Å²) >= 11 is 0. The van der Waals surface area contributed by atoms with Gasteiger partial charge in [0.05, 0.1) is 11.9 Å². The van der Waals surface area contributed by atoms with Gasteiger partial charge in [0, 0.05) is 6.20 Å². The molecule has 0 aliphatic heterocycles. The Kier molecular flexibility index (Phi) is 4.08. The molecule has 0 saturated carbocycles. The highest BCUT2D eigenvalue weighted by Gasteiger charge is 2.33. The van der Waals surface area contributed by atoms with E-state index in [9.17, 15) is 9.59 Å². The first-order valence-corrected chi connectivity index (χ1v) is 5.29. The lowest BCUT2D eigenvalue weighted by molar-refractivity contribution is -0.143. The molecule has 1 aromatic rings. The molecule has 0 bridgehead atoms. The van der Waals surface area contributed by atoms with Gasteiger partial charge in [0.2, 0.25) is 0 Å². The first-order valence-electron chi connectivity index (χ1n) is 5.29. The molecule has 1 unspecified atom stereocenters. The third kappa shape index (κ3) is 3.47. The number of carbonyl (C=O) groups is 2. The number of aromatic amines is 1. The quantitative estimate of drug-likeness (QED) is 0.619. The SMILES string of the molecule is CCCC(C)(NC(=O)Nc1cn[nH]c1)C(=O)O. The van der Waals surface area contributed by atoms with E-state index in [-0.39, 0.29) is 0 Å². The molecule has 1 heterocycles. The Bertz CT molecular complexity index is 390. The van der Waals surface area contributed by atoms with Crippen molar-refractivity contribution in [3.05, 3.63) is 12.4 Å². The fourth-order valence-electron chi connectivity index (χ4n) is 1.46. The van der Waals surface area contributed by atoms with Crippen molar-refractivity contribution in [2.75, 3.05) is 5.32 Å². The number of aromatic nitrogens is 2. The second-order valence-electron chi connectivity index (χ2n) is 3.95. The van der Waals surface area contributed by atoms with E-state index < -0.39 is 17.5 Å². The van der Waals surface area contributed by atoms with Crippen LogP contribution in [0, 0.1) is 0 Å². The number of urea groups is 1. The van der Waals surface area contributed by atoms with Gasteiger partial charge < -0.3 is 15.7 Å². The van der Waals surface area contributed by atoms with E-state index >= 15 is 0 Å². The molecule has 0 radical (unpaired) electrons. The zero-order chi connectivity index (χ0) is 12.9. The molecule has 0 fully saturated rings. The number of rotatable bonds is 5. The van der Waals surface area contributed by atoms with Gasteiger partial charge in [-0.3, -0.25) is 5.10 Å². The van der Waals surface area contributed by atoms with E-state index in [1.54, 1.807) is 0 Å². The molecule has 0 saturated heterocycles. The third-order valence-corrected chi connectivity index (χ3v) is 2.37. The number of aliphatic carboxylic acids is 1. The molecular weight excluding hydrogens is 224 g/mol. The van der Waals surface area contributed by atoms with Crippen LogP contribution >= 0.6 is 0 Å². The van der Waals surface area contributed by atoms with Crippen molar-refractivity contribution in [3.8, 4) is 0 Å². The molecule has 1 aromatic heterocycles. The number of amides is 2. The molecule has 7 heteroatoms. The Hall–Kier alpha value is -2.05. The predicted molar refractivity (Wildman–Crippen MR) is 61.7 cm³/mol. The molecule has 7 nitrogen and oxygen atoms in total. The van der Waals surface area contributed by atoms with Crippen molar-refractivity contribution < 1.29 is 14.7 Å². The van der Waals surface area contributed by atoms with Gasteiger partial charge in [-0.1, -0.05) is 13.3 Å². The van der Waals surface area contributed by atoms with Crippen LogP contribution in [0.4, 0.5) is 10.5 Å². The summed E-state index contributed by atoms with van der Waals surface area (Å²) in [6.07, 6.45) is 3.95. The maximum atomic E-state index is 11.6. The Morgan fingerprint density at radius 3 is 2.76 bits per heavy atom. The summed E-state index contributed by atoms with van der Waals surface area (Å²) < 4.78 is 0. The second kappa shape index (κ2) is 5.33. The van der Waals surface area contributed by atoms with Gasteiger partial charge >= 0.3 is 12.0 Å². The van der Waals surface area contributed by atoms with Gasteiger partial charge in [-0.2, -0.15) is 5.10 Å². The highest BCUT2D eigenvalue weighted by molar-refractivity contribution is 5.93. The number of nitrogens with zero attached hydrogens (tertiary/aromatic N) is 1. The normalized spacial score (nSPS) is 13.8. The number of carboxylic acids is 1. The van der Waals surface area contributed by atoms with E-state index in [1.165, 1.54) is 19.3 Å². The largest absolute Gasteiger partial charge is 0.480 e. The standard InChI is InChI=1S/C10H16N4O3/c1-3-4-10(2,8(15)16)14-9(17)13-7-5-11-12-6-7/h5-6H,3-4H2,1-2H3,(H,11,12)(H,15,16)(H2,13,14,17). The number of carboxylic acid groups (broad SMARTS) is 1. The maximum Gasteiger partial charge on any atom is 0.329 e. The van der Waals surface area contributed by atoms with Crippen LogP contribution in [0.15, 0.2) is 12.4 Å². The fraction of sp³-hybridized carbons (Fsp3) is 0.500. The molecule has 17 heavy (non-hydrogen) atoms. The molecule has 4 N–H and O–H groups in total. The van der Waals surface area contributed by atoms with Gasteiger partial charge in [0.15, 0.2) is 0 Å². The first kappa shape index (κ1) is 13.0. The van der Waals surface area contributed by atoms with Gasteiger partial charge in [0.1, 0.15) is 5.54 Å². The minimum atomic E-state index is -1.26. The number of hydrogen-bond acceptors (Lipinski definition) is 3. The Morgan fingerprint density at radius 1 is 1.59 bits per heavy atom. The average Bonchev–Trinajstić information content (AvgIpc) is 2.70. The van der Waals surface area contributed by atoms with Crippen LogP contribution in [0.3, 0.4) is 0 Å². The second-order valence-corrected chi connectivity index (χ2v) is 3.95. The molecule has 0 aliphatic rings. The fourth-order valence-corrected chi connectivity index (χ4v) is 1.46. The lowest BCUT2D eigenvalue weighted by Crippen LogP contribution is -2.53. The number of H-pyrrole nitrogens is 1. The summed E-state index contributed by atoms with van der Waals surface area (Å²) in [6.45, 7) is 3.34. The average molecular weight is 240 g/mol. The number of anilines is 1. The van der Waals surface area contributed by atoms with Crippen molar-refractivity contribution in [1.82, 2.24) is 15.5 Å². The van der Waals surface area contributed by atoms with Crippen molar-refractivity contribution in [1.29, 1.82) is 0 Å². The van der Waals surface area contributed by atoms with E-state index in [0.717, 1.165) is 0 Å². The van der Waals surface area contributed by atoms with Gasteiger partial charge in [-0.15, -0.1) is 0 Å². The highest BCUT2D eigenvalue weighted by Crippen LogP contribution is 2.13. The smallest absolute Gasteiger partial charge is 0.329 e. The van der Waals surface area contributed by atoms with E-state index in [1.807, 2.05) is 6.92 Å². The Labute approximate surface area is 98.6 Å². The van der Waals surface area contributed by atoms with Crippen LogP contribution in [0.1, 0.15) is 26.7 Å². The third-order valence-electron chi connectivity index (χ3n) is 2.37. The highest BCUT2D eigenvalue weighted by atomic mass is 16.4. The molecule has 0 spiro atoms. The molecule has 2 amide bonds. The topological polar surface area (TPSA) is 107 Å².